The first-order valence-electron chi connectivity index (χ1n) is 8.70. The van der Waals surface area contributed by atoms with Gasteiger partial charge in [-0.1, -0.05) is 87.4 Å². The lowest BCUT2D eigenvalue weighted by Gasteiger charge is -2.32. The Morgan fingerprint density at radius 3 is 1.43 bits per heavy atom. The van der Waals surface area contributed by atoms with Gasteiger partial charge in [0.25, 0.3) is 0 Å². The Bertz CT molecular complexity index is 464. The van der Waals surface area contributed by atoms with Gasteiger partial charge in [-0.25, -0.2) is 0 Å². The van der Waals surface area contributed by atoms with E-state index in [0.717, 1.165) is 0 Å². The molecule has 126 valence electrons. The Balaban J connectivity index is 0.00000264. The Labute approximate surface area is 141 Å². The number of hydrogen-bond donors (Lipinski definition) is 0. The van der Waals surface area contributed by atoms with Crippen molar-refractivity contribution in [2.24, 2.45) is 0 Å². The maximum absolute atomic E-state index is 2.66. The van der Waals surface area contributed by atoms with Crippen molar-refractivity contribution in [3.8, 4) is 0 Å². The lowest BCUT2D eigenvalue weighted by atomic mass is 9.96. The van der Waals surface area contributed by atoms with Crippen LogP contribution in [0.25, 0.3) is 0 Å². The van der Waals surface area contributed by atoms with Gasteiger partial charge in [-0.05, 0) is 37.1 Å². The van der Waals surface area contributed by atoms with E-state index in [2.05, 4.69) is 79.4 Å². The van der Waals surface area contributed by atoms with Gasteiger partial charge in [-0.2, -0.15) is 0 Å². The molecule has 0 saturated heterocycles. The van der Waals surface area contributed by atoms with Gasteiger partial charge < -0.3 is 5.48 Å². The van der Waals surface area contributed by atoms with Crippen LogP contribution in [0.4, 0.5) is 0 Å². The number of benzene rings is 2. The van der Waals surface area contributed by atoms with Crippen molar-refractivity contribution in [2.75, 3.05) is 13.1 Å². The second-order valence-electron chi connectivity index (χ2n) is 5.97. The molecule has 0 unspecified atom stereocenters. The van der Waals surface area contributed by atoms with Crippen molar-refractivity contribution in [1.29, 1.82) is 0 Å². The van der Waals surface area contributed by atoms with Gasteiger partial charge in [0.05, 0.1) is 6.04 Å². The molecule has 0 atom stereocenters. The Hall–Kier alpha value is -1.64. The van der Waals surface area contributed by atoms with Crippen LogP contribution in [-0.2, 0) is 0 Å². The van der Waals surface area contributed by atoms with Crippen LogP contribution in [-0.4, -0.2) is 23.5 Å². The molecule has 0 fully saturated rings. The summed E-state index contributed by atoms with van der Waals surface area (Å²) >= 11 is 0. The van der Waals surface area contributed by atoms with E-state index in [1.54, 1.807) is 0 Å². The summed E-state index contributed by atoms with van der Waals surface area (Å²) in [6, 6.07) is 22.3. The molecule has 0 aliphatic heterocycles. The zero-order valence-electron chi connectivity index (χ0n) is 14.5. The Morgan fingerprint density at radius 1 is 0.696 bits per heavy atom. The van der Waals surface area contributed by atoms with Crippen LogP contribution in [0.5, 0.6) is 0 Å². The highest BCUT2D eigenvalue weighted by Gasteiger charge is 2.21. The Kier molecular flexibility index (Phi) is 9.27. The number of rotatable bonds is 9. The molecule has 2 aromatic rings. The molecule has 0 radical (unpaired) electrons. The van der Waals surface area contributed by atoms with Crippen molar-refractivity contribution >= 4 is 0 Å². The van der Waals surface area contributed by atoms with E-state index in [4.69, 9.17) is 0 Å². The topological polar surface area (TPSA) is 34.7 Å². The molecule has 0 heterocycles. The van der Waals surface area contributed by atoms with Crippen molar-refractivity contribution < 1.29 is 5.48 Å². The minimum atomic E-state index is 0. The predicted octanol–water partition coefficient (Wildman–Crippen LogP) is 4.85. The molecule has 0 saturated carbocycles. The molecule has 2 rings (SSSR count). The van der Waals surface area contributed by atoms with Gasteiger partial charge in [0.2, 0.25) is 0 Å². The van der Waals surface area contributed by atoms with Crippen molar-refractivity contribution in [3.05, 3.63) is 71.8 Å². The van der Waals surface area contributed by atoms with E-state index in [-0.39, 0.29) is 5.48 Å². The second-order valence-corrected chi connectivity index (χ2v) is 5.97. The quantitative estimate of drug-likeness (QED) is 0.651. The average Bonchev–Trinajstić information content (AvgIpc) is 2.59. The fourth-order valence-electron chi connectivity index (χ4n) is 2.98. The number of unbranched alkanes of at least 4 members (excludes halogenated alkanes) is 2. The maximum Gasteiger partial charge on any atom is 0.0601 e. The molecule has 0 bridgehead atoms. The molecule has 2 aromatic carbocycles. The first kappa shape index (κ1) is 19.4. The summed E-state index contributed by atoms with van der Waals surface area (Å²) < 4.78 is 0. The standard InChI is InChI=1S/C21H29N.H2O/c1-3-5-17-22(18-6-4-2)21(19-13-9-7-10-14-19)20-15-11-8-12-16-20;/h7-16,21H,3-6,17-18H2,1-2H3;1H2. The molecule has 2 N–H and O–H groups in total. The zero-order valence-corrected chi connectivity index (χ0v) is 14.5. The smallest absolute Gasteiger partial charge is 0.0601 e. The summed E-state index contributed by atoms with van der Waals surface area (Å²) in [5.41, 5.74) is 2.81. The first-order chi connectivity index (χ1) is 10.9. The van der Waals surface area contributed by atoms with Gasteiger partial charge in [-0.15, -0.1) is 0 Å². The third-order valence-electron chi connectivity index (χ3n) is 4.19. The average molecular weight is 313 g/mol. The molecule has 2 nitrogen and oxygen atoms in total. The molecule has 0 aromatic heterocycles. The van der Waals surface area contributed by atoms with E-state index < -0.39 is 0 Å². The van der Waals surface area contributed by atoms with Gasteiger partial charge in [0.1, 0.15) is 0 Å². The highest BCUT2D eigenvalue weighted by molar-refractivity contribution is 5.31. The number of hydrogen-bond acceptors (Lipinski definition) is 1. The first-order valence-corrected chi connectivity index (χ1v) is 8.70. The third-order valence-corrected chi connectivity index (χ3v) is 4.19. The largest absolute Gasteiger partial charge is 0.412 e. The molecular weight excluding hydrogens is 282 g/mol. The molecule has 0 amide bonds. The fourth-order valence-corrected chi connectivity index (χ4v) is 2.98. The van der Waals surface area contributed by atoms with Crippen molar-refractivity contribution in [3.63, 3.8) is 0 Å². The van der Waals surface area contributed by atoms with Crippen LogP contribution in [0.2, 0.25) is 0 Å². The summed E-state index contributed by atoms with van der Waals surface area (Å²) in [5.74, 6) is 0. The van der Waals surface area contributed by atoms with E-state index in [0.29, 0.717) is 6.04 Å². The third kappa shape index (κ3) is 5.81. The van der Waals surface area contributed by atoms with Crippen LogP contribution >= 0.6 is 0 Å². The summed E-state index contributed by atoms with van der Waals surface area (Å²) in [6.07, 6.45) is 5.03. The fraction of sp³-hybridized carbons (Fsp3) is 0.429. The highest BCUT2D eigenvalue weighted by Crippen LogP contribution is 2.29. The molecule has 23 heavy (non-hydrogen) atoms. The minimum absolute atomic E-state index is 0. The molecule has 0 aliphatic carbocycles. The molecule has 0 spiro atoms. The van der Waals surface area contributed by atoms with E-state index in [1.807, 2.05) is 0 Å². The lowest BCUT2D eigenvalue weighted by molar-refractivity contribution is 0.218. The van der Waals surface area contributed by atoms with E-state index >= 15 is 0 Å². The van der Waals surface area contributed by atoms with Crippen molar-refractivity contribution in [2.45, 2.75) is 45.6 Å². The summed E-state index contributed by atoms with van der Waals surface area (Å²) in [7, 11) is 0. The lowest BCUT2D eigenvalue weighted by Crippen LogP contribution is -2.31. The summed E-state index contributed by atoms with van der Waals surface area (Å²) in [4.78, 5) is 2.66. The summed E-state index contributed by atoms with van der Waals surface area (Å²) in [5, 5.41) is 0. The Morgan fingerprint density at radius 2 is 1.09 bits per heavy atom. The second kappa shape index (κ2) is 11.0. The van der Waals surface area contributed by atoms with Gasteiger partial charge >= 0.3 is 0 Å². The van der Waals surface area contributed by atoms with E-state index in [1.165, 1.54) is 49.9 Å². The highest BCUT2D eigenvalue weighted by atomic mass is 16.0. The monoisotopic (exact) mass is 313 g/mol. The predicted molar refractivity (Wildman–Crippen MR) is 99.7 cm³/mol. The minimum Gasteiger partial charge on any atom is -0.412 e. The van der Waals surface area contributed by atoms with Crippen LogP contribution < -0.4 is 0 Å². The van der Waals surface area contributed by atoms with Crippen LogP contribution in [0, 0.1) is 0 Å². The molecule has 0 aliphatic rings. The van der Waals surface area contributed by atoms with Crippen LogP contribution in [0.3, 0.4) is 0 Å². The van der Waals surface area contributed by atoms with Crippen LogP contribution in [0.15, 0.2) is 60.7 Å². The van der Waals surface area contributed by atoms with Gasteiger partial charge in [-0.3, -0.25) is 4.90 Å². The maximum atomic E-state index is 2.66. The van der Waals surface area contributed by atoms with E-state index in [9.17, 15) is 0 Å². The molecule has 2 heteroatoms. The van der Waals surface area contributed by atoms with Crippen LogP contribution in [0.1, 0.15) is 56.7 Å². The van der Waals surface area contributed by atoms with Gasteiger partial charge in [0.15, 0.2) is 0 Å². The zero-order chi connectivity index (χ0) is 15.6. The van der Waals surface area contributed by atoms with Gasteiger partial charge in [0, 0.05) is 0 Å². The van der Waals surface area contributed by atoms with Crippen molar-refractivity contribution in [1.82, 2.24) is 4.90 Å². The SMILES string of the molecule is CCCCN(CCCC)C(c1ccccc1)c1ccccc1.O. The molecular formula is C21H31NO. The normalized spacial score (nSPS) is 10.8. The number of nitrogens with zero attached hydrogens (tertiary/aromatic N) is 1. The summed E-state index contributed by atoms with van der Waals surface area (Å²) in [6.45, 7) is 6.89.